The Morgan fingerprint density at radius 3 is 1.40 bits per heavy atom. The van der Waals surface area contributed by atoms with Crippen LogP contribution in [0.2, 0.25) is 0 Å². The van der Waals surface area contributed by atoms with Gasteiger partial charge in [-0.2, -0.15) is 24.5 Å². The Hall–Kier alpha value is -8.48. The minimum absolute atomic E-state index is 0.0365. The maximum absolute atomic E-state index is 12.5. The molecule has 2 aliphatic heterocycles. The second-order valence-electron chi connectivity index (χ2n) is 26.6. The van der Waals surface area contributed by atoms with Crippen molar-refractivity contribution in [3.8, 4) is 0 Å². The van der Waals surface area contributed by atoms with Gasteiger partial charge in [-0.25, -0.2) is 14.4 Å². The number of benzene rings is 1. The average Bonchev–Trinajstić information content (AvgIpc) is 0.820. The number of likely N-dealkylation sites (N-methyl/N-ethyl adjacent to an activating group) is 1. The van der Waals surface area contributed by atoms with Crippen molar-refractivity contribution in [1.29, 1.82) is 0 Å². The molecule has 0 bridgehead atoms. The van der Waals surface area contributed by atoms with Gasteiger partial charge in [-0.3, -0.25) is 48.4 Å². The third kappa shape index (κ3) is 50.5. The number of piperazine rings is 1. The molecule has 1 aromatic heterocycles. The van der Waals surface area contributed by atoms with Crippen molar-refractivity contribution < 1.29 is 126 Å². The highest BCUT2D eigenvalue weighted by molar-refractivity contribution is 5.86. The van der Waals surface area contributed by atoms with Gasteiger partial charge in [0.05, 0.1) is 132 Å². The number of carboxylic acid groups (broad SMARTS) is 7. The first-order valence-electron chi connectivity index (χ1n) is 38.2. The van der Waals surface area contributed by atoms with E-state index < -0.39 is 66.3 Å². The van der Waals surface area contributed by atoms with Gasteiger partial charge in [-0.05, 0) is 76.2 Å². The number of aliphatic carboxylic acids is 7. The van der Waals surface area contributed by atoms with Gasteiger partial charge in [-0.15, -0.1) is 0 Å². The fourth-order valence-electron chi connectivity index (χ4n) is 11.7. The molecular weight excluding hydrogens is 1480 g/mol. The number of hydrogen-bond donors (Lipinski definition) is 12. The van der Waals surface area contributed by atoms with E-state index in [-0.39, 0.29) is 76.7 Å². The Kier molecular flexibility index (Phi) is 54.1. The summed E-state index contributed by atoms with van der Waals surface area (Å²) in [4.78, 5) is 148. The monoisotopic (exact) mass is 1600 g/mol. The average molecular weight is 1600 g/mol. The SMILES string of the molecule is CN1CCN(CC(=O)O)CCN(CC(=O)O)CCN(CC(=O)O)C(Cc2ccc(Nc3nc(NCCOCCOCCOCCOCCOCCOCCOCCOCCC(=O)O)nc(N4CCN(CCCCCCCCCCC(=O)NCCCC[C@H](NC(=O)N[C@@H](CCC(=O)O)C(=O)O)C(=O)O)CC4)n3)cc2)C1.O=C=O. The second-order valence-corrected chi connectivity index (χ2v) is 26.6. The molecule has 3 amide bonds. The number of nitrogens with zero attached hydrogens (tertiary/aromatic N) is 9. The summed E-state index contributed by atoms with van der Waals surface area (Å²) < 4.78 is 44.2. The summed E-state index contributed by atoms with van der Waals surface area (Å²) >= 11 is 0. The molecule has 3 heterocycles. The van der Waals surface area contributed by atoms with Crippen LogP contribution in [-0.2, 0) is 92.3 Å². The largest absolute Gasteiger partial charge is 0.481 e. The van der Waals surface area contributed by atoms with Crippen molar-refractivity contribution in [3.05, 3.63) is 29.8 Å². The zero-order valence-corrected chi connectivity index (χ0v) is 64.6. The van der Waals surface area contributed by atoms with Crippen molar-refractivity contribution >= 4 is 83.4 Å². The molecule has 634 valence electrons. The summed E-state index contributed by atoms with van der Waals surface area (Å²) in [6.45, 7) is 12.6. The highest BCUT2D eigenvalue weighted by Crippen LogP contribution is 2.22. The van der Waals surface area contributed by atoms with Crippen LogP contribution in [0.1, 0.15) is 102 Å². The first-order chi connectivity index (χ1) is 54.0. The molecule has 0 spiro atoms. The van der Waals surface area contributed by atoms with Crippen molar-refractivity contribution in [2.24, 2.45) is 0 Å². The summed E-state index contributed by atoms with van der Waals surface area (Å²) in [5.74, 6) is -6.81. The number of aromatic nitrogens is 3. The van der Waals surface area contributed by atoms with E-state index in [1.807, 2.05) is 36.2 Å². The predicted octanol–water partition coefficient (Wildman–Crippen LogP) is 1.06. The van der Waals surface area contributed by atoms with Crippen LogP contribution in [0.5, 0.6) is 0 Å². The van der Waals surface area contributed by atoms with Gasteiger partial charge in [0.1, 0.15) is 12.1 Å². The summed E-state index contributed by atoms with van der Waals surface area (Å²) in [5.41, 5.74) is 1.64. The zero-order chi connectivity index (χ0) is 81.8. The second kappa shape index (κ2) is 62.0. The molecule has 2 aromatic rings. The first-order valence-corrected chi connectivity index (χ1v) is 38.2. The van der Waals surface area contributed by atoms with Gasteiger partial charge in [0, 0.05) is 110 Å². The zero-order valence-electron chi connectivity index (χ0n) is 64.6. The van der Waals surface area contributed by atoms with E-state index >= 15 is 0 Å². The van der Waals surface area contributed by atoms with E-state index in [1.54, 1.807) is 9.80 Å². The van der Waals surface area contributed by atoms with E-state index in [1.165, 1.54) is 0 Å². The Balaban J connectivity index is 0.0000106. The lowest BCUT2D eigenvalue weighted by molar-refractivity contribution is -0.192. The minimum atomic E-state index is -1.50. The molecule has 112 heavy (non-hydrogen) atoms. The molecule has 4 rings (SSSR count). The molecule has 2 saturated heterocycles. The van der Waals surface area contributed by atoms with Gasteiger partial charge in [0.15, 0.2) is 0 Å². The number of ether oxygens (including phenoxy) is 8. The van der Waals surface area contributed by atoms with Crippen LogP contribution in [-0.4, -0.2) is 377 Å². The molecule has 40 heteroatoms. The molecule has 2 fully saturated rings. The molecule has 40 nitrogen and oxygen atoms in total. The van der Waals surface area contributed by atoms with E-state index in [0.717, 1.165) is 76.6 Å². The standard InChI is InChI=1S/C71H120N14O24.CO2/c1-80-24-25-82(52-63(91)92)26-27-83(53-64(93)94)30-33-85(54-65(95)96)57(51-80)50-55-14-16-56(17-15-55)74-69-77-68(73-22-35-103-37-39-105-41-43-107-45-47-109-49-48-108-46-44-106-42-40-104-38-36-102-34-20-62(89)90)78-70(79-69)84-31-28-81(29-32-84)23-11-7-5-3-2-4-6-8-13-60(86)72-21-10-9-12-58(66(97)98)75-71(101)76-59(67(99)100)18-19-61(87)88;2-1-3/h14-17,57-59H,2-13,18-54H2,1H3,(H,72,86)(H,87,88)(H,89,90)(H,91,92)(H,93,94)(H,95,96)(H,97,98)(H,99,100)(H2,75,76,101)(H2,73,74,77,78,79);/t57?,58-,59-;/m0./s1. The van der Waals surface area contributed by atoms with Crippen molar-refractivity contribution in [2.45, 2.75) is 121 Å². The smallest absolute Gasteiger partial charge is 0.373 e. The molecule has 1 aromatic carbocycles. The maximum atomic E-state index is 12.5. The first kappa shape index (κ1) is 97.7. The molecule has 12 N–H and O–H groups in total. The molecule has 0 saturated carbocycles. The summed E-state index contributed by atoms with van der Waals surface area (Å²) in [7, 11) is 1.93. The minimum Gasteiger partial charge on any atom is -0.481 e. The highest BCUT2D eigenvalue weighted by Gasteiger charge is 2.28. The predicted molar refractivity (Wildman–Crippen MR) is 403 cm³/mol. The number of rotatable bonds is 62. The van der Waals surface area contributed by atoms with Crippen LogP contribution in [0.4, 0.5) is 28.3 Å². The van der Waals surface area contributed by atoms with E-state index in [9.17, 15) is 68.7 Å². The third-order valence-corrected chi connectivity index (χ3v) is 17.6. The van der Waals surface area contributed by atoms with Gasteiger partial charge in [-0.1, -0.05) is 50.7 Å². The molecule has 0 radical (unpaired) electrons. The normalized spacial score (nSPS) is 15.4. The van der Waals surface area contributed by atoms with Gasteiger partial charge in [0.25, 0.3) is 0 Å². The lowest BCUT2D eigenvalue weighted by atomic mass is 10.0. The van der Waals surface area contributed by atoms with Crippen LogP contribution in [0.25, 0.3) is 0 Å². The molecular formula is C72H120N14O26. The third-order valence-electron chi connectivity index (χ3n) is 17.6. The Labute approximate surface area is 653 Å². The fraction of sp³-hybridized carbons (Fsp3) is 0.736. The molecule has 3 atom stereocenters. The van der Waals surface area contributed by atoms with Gasteiger partial charge < -0.3 is 110 Å². The molecule has 2 aliphatic rings. The van der Waals surface area contributed by atoms with Crippen LogP contribution < -0.4 is 31.5 Å². The number of carbonyl (C=O) groups is 9. The highest BCUT2D eigenvalue weighted by atomic mass is 16.6. The molecule has 1 unspecified atom stereocenters. The number of unbranched alkanes of at least 4 members (excludes halogenated alkanes) is 8. The van der Waals surface area contributed by atoms with Crippen molar-refractivity contribution in [2.75, 3.05) is 240 Å². The lowest BCUT2D eigenvalue weighted by Crippen LogP contribution is -2.52. The summed E-state index contributed by atoms with van der Waals surface area (Å²) in [6.07, 6.45) is 9.23. The number of anilines is 4. The van der Waals surface area contributed by atoms with E-state index in [0.29, 0.717) is 207 Å². The number of hydrogen-bond acceptors (Lipinski definition) is 30. The van der Waals surface area contributed by atoms with Crippen molar-refractivity contribution in [3.63, 3.8) is 0 Å². The Morgan fingerprint density at radius 1 is 0.455 bits per heavy atom. The van der Waals surface area contributed by atoms with Crippen LogP contribution in [0, 0.1) is 0 Å². The quantitative estimate of drug-likeness (QED) is 0.0412. The maximum Gasteiger partial charge on any atom is 0.373 e. The van der Waals surface area contributed by atoms with Crippen LogP contribution in [0.15, 0.2) is 24.3 Å². The Morgan fingerprint density at radius 2 is 0.902 bits per heavy atom. The number of nitrogens with one attached hydrogen (secondary N) is 5. The summed E-state index contributed by atoms with van der Waals surface area (Å²) in [6, 6.07) is 3.63. The number of carbonyl (C=O) groups excluding carboxylic acids is 4. The van der Waals surface area contributed by atoms with E-state index in [2.05, 4.69) is 41.3 Å². The fourth-order valence-corrected chi connectivity index (χ4v) is 11.7. The van der Waals surface area contributed by atoms with Gasteiger partial charge >= 0.3 is 54.0 Å². The van der Waals surface area contributed by atoms with Crippen LogP contribution >= 0.6 is 0 Å². The molecule has 0 aliphatic carbocycles. The number of urea groups is 1. The number of carboxylic acids is 7. The van der Waals surface area contributed by atoms with Gasteiger partial charge in [0.2, 0.25) is 23.8 Å². The number of amides is 3. The summed E-state index contributed by atoms with van der Waals surface area (Å²) in [5, 5.41) is 79.5. The lowest BCUT2D eigenvalue weighted by Gasteiger charge is -2.37. The Bertz CT molecular complexity index is 3010. The van der Waals surface area contributed by atoms with E-state index in [4.69, 9.17) is 72.6 Å². The topological polar surface area (TPSA) is 521 Å². The van der Waals surface area contributed by atoms with Crippen LogP contribution in [0.3, 0.4) is 0 Å². The van der Waals surface area contributed by atoms with Crippen molar-refractivity contribution in [1.82, 2.24) is 55.4 Å².